The van der Waals surface area contributed by atoms with E-state index in [4.69, 9.17) is 9.84 Å². The number of hydrogen-bond donors (Lipinski definition) is 1. The van der Waals surface area contributed by atoms with Crippen molar-refractivity contribution in [2.45, 2.75) is 6.61 Å². The van der Waals surface area contributed by atoms with Crippen molar-refractivity contribution >= 4 is 5.97 Å². The van der Waals surface area contributed by atoms with Crippen LogP contribution in [0, 0.1) is 0 Å². The Morgan fingerprint density at radius 1 is 1.83 bits per heavy atom. The number of ether oxygens (including phenoxy) is 1. The van der Waals surface area contributed by atoms with Crippen LogP contribution in [0.15, 0.2) is 6.07 Å². The molecule has 66 valence electrons. The summed E-state index contributed by atoms with van der Waals surface area (Å²) in [5.41, 5.74) is 0.791. The van der Waals surface area contributed by atoms with E-state index >= 15 is 0 Å². The minimum Gasteiger partial charge on any atom is -0.477 e. The molecule has 0 saturated heterocycles. The van der Waals surface area contributed by atoms with Gasteiger partial charge in [-0.3, -0.25) is 4.68 Å². The highest BCUT2D eigenvalue weighted by atomic mass is 16.5. The van der Waals surface area contributed by atoms with E-state index in [0.29, 0.717) is 12.3 Å². The van der Waals surface area contributed by atoms with Crippen molar-refractivity contribution in [2.24, 2.45) is 7.05 Å². The van der Waals surface area contributed by atoms with Gasteiger partial charge in [0.15, 0.2) is 0 Å². The molecule has 0 saturated carbocycles. The topological polar surface area (TPSA) is 64.3 Å². The lowest BCUT2D eigenvalue weighted by Gasteiger charge is -1.91. The fourth-order valence-corrected chi connectivity index (χ4v) is 0.945. The lowest BCUT2D eigenvalue weighted by atomic mass is 10.3. The zero-order chi connectivity index (χ0) is 9.14. The maximum absolute atomic E-state index is 10.5. The number of aromatic nitrogens is 2. The number of rotatable bonds is 3. The second kappa shape index (κ2) is 3.36. The fraction of sp³-hybridized carbons (Fsp3) is 0.429. The predicted molar refractivity (Wildman–Crippen MR) is 40.9 cm³/mol. The van der Waals surface area contributed by atoms with E-state index in [1.54, 1.807) is 7.05 Å². The van der Waals surface area contributed by atoms with E-state index in [1.807, 2.05) is 0 Å². The van der Waals surface area contributed by atoms with Crippen LogP contribution in [0.2, 0.25) is 0 Å². The van der Waals surface area contributed by atoms with Crippen molar-refractivity contribution < 1.29 is 14.6 Å². The minimum absolute atomic E-state index is 0.169. The van der Waals surface area contributed by atoms with Gasteiger partial charge in [-0.15, -0.1) is 0 Å². The van der Waals surface area contributed by atoms with Gasteiger partial charge in [0.2, 0.25) is 0 Å². The zero-order valence-electron chi connectivity index (χ0n) is 6.94. The van der Waals surface area contributed by atoms with Crippen LogP contribution in [0.4, 0.5) is 0 Å². The van der Waals surface area contributed by atoms with Gasteiger partial charge in [0.1, 0.15) is 5.69 Å². The summed E-state index contributed by atoms with van der Waals surface area (Å²) < 4.78 is 6.12. The standard InChI is InChI=1S/C7H10N2O3/c1-9-6(7(10)11)3-5(8-9)4-12-2/h3H,4H2,1-2H3,(H,10,11). The molecule has 0 aliphatic rings. The summed E-state index contributed by atoms with van der Waals surface area (Å²) in [5.74, 6) is -0.979. The van der Waals surface area contributed by atoms with Gasteiger partial charge in [-0.1, -0.05) is 0 Å². The highest BCUT2D eigenvalue weighted by Gasteiger charge is 2.10. The van der Waals surface area contributed by atoms with Gasteiger partial charge in [-0.2, -0.15) is 5.10 Å². The highest BCUT2D eigenvalue weighted by molar-refractivity contribution is 5.85. The lowest BCUT2D eigenvalue weighted by molar-refractivity contribution is 0.0685. The third-order valence-corrected chi connectivity index (χ3v) is 1.44. The molecule has 0 fully saturated rings. The van der Waals surface area contributed by atoms with Crippen molar-refractivity contribution in [3.8, 4) is 0 Å². The Bertz CT molecular complexity index is 293. The number of methoxy groups -OCH3 is 1. The average Bonchev–Trinajstić information content (AvgIpc) is 2.32. The van der Waals surface area contributed by atoms with E-state index in [9.17, 15) is 4.79 Å². The van der Waals surface area contributed by atoms with Gasteiger partial charge in [0, 0.05) is 14.2 Å². The molecule has 1 aromatic heterocycles. The summed E-state index contributed by atoms with van der Waals surface area (Å²) >= 11 is 0. The van der Waals surface area contributed by atoms with E-state index in [1.165, 1.54) is 17.9 Å². The first-order chi connectivity index (χ1) is 5.65. The van der Waals surface area contributed by atoms with Crippen LogP contribution >= 0.6 is 0 Å². The van der Waals surface area contributed by atoms with Crippen LogP contribution in [0.5, 0.6) is 0 Å². The molecule has 0 aromatic carbocycles. The first-order valence-corrected chi connectivity index (χ1v) is 3.40. The van der Waals surface area contributed by atoms with Crippen LogP contribution in [0.3, 0.4) is 0 Å². The Morgan fingerprint density at radius 2 is 2.50 bits per heavy atom. The summed E-state index contributed by atoms with van der Waals surface area (Å²) in [6.45, 7) is 0.334. The Kier molecular flexibility index (Phi) is 2.44. The highest BCUT2D eigenvalue weighted by Crippen LogP contribution is 2.03. The average molecular weight is 170 g/mol. The largest absolute Gasteiger partial charge is 0.477 e. The summed E-state index contributed by atoms with van der Waals surface area (Å²) in [6.07, 6.45) is 0. The van der Waals surface area contributed by atoms with Crippen LogP contribution in [-0.4, -0.2) is 28.0 Å². The predicted octanol–water partition coefficient (Wildman–Crippen LogP) is 0.265. The molecular formula is C7H10N2O3. The molecule has 0 radical (unpaired) electrons. The quantitative estimate of drug-likeness (QED) is 0.706. The van der Waals surface area contributed by atoms with Crippen LogP contribution in [-0.2, 0) is 18.4 Å². The second-order valence-corrected chi connectivity index (χ2v) is 2.38. The van der Waals surface area contributed by atoms with Gasteiger partial charge in [-0.25, -0.2) is 4.79 Å². The molecule has 0 amide bonds. The summed E-state index contributed by atoms with van der Waals surface area (Å²) in [6, 6.07) is 1.49. The Labute approximate surface area is 69.6 Å². The van der Waals surface area contributed by atoms with E-state index in [0.717, 1.165) is 0 Å². The van der Waals surface area contributed by atoms with Crippen molar-refractivity contribution in [3.05, 3.63) is 17.5 Å². The fourth-order valence-electron chi connectivity index (χ4n) is 0.945. The monoisotopic (exact) mass is 170 g/mol. The molecule has 1 aromatic rings. The summed E-state index contributed by atoms with van der Waals surface area (Å²) in [5, 5.41) is 12.6. The van der Waals surface area contributed by atoms with Gasteiger partial charge < -0.3 is 9.84 Å². The van der Waals surface area contributed by atoms with Crippen molar-refractivity contribution in [3.63, 3.8) is 0 Å². The molecule has 1 rings (SSSR count). The molecule has 1 heterocycles. The van der Waals surface area contributed by atoms with E-state index < -0.39 is 5.97 Å². The molecule has 5 heteroatoms. The third kappa shape index (κ3) is 1.62. The van der Waals surface area contributed by atoms with Gasteiger partial charge in [-0.05, 0) is 6.07 Å². The Morgan fingerprint density at radius 3 is 2.92 bits per heavy atom. The first-order valence-electron chi connectivity index (χ1n) is 3.40. The lowest BCUT2D eigenvalue weighted by Crippen LogP contribution is -2.04. The van der Waals surface area contributed by atoms with Crippen LogP contribution in [0.25, 0.3) is 0 Å². The number of carbonyl (C=O) groups is 1. The minimum atomic E-state index is -0.979. The SMILES string of the molecule is COCc1cc(C(=O)O)n(C)n1. The maximum atomic E-state index is 10.5. The molecule has 1 N–H and O–H groups in total. The maximum Gasteiger partial charge on any atom is 0.354 e. The Balaban J connectivity index is 2.92. The van der Waals surface area contributed by atoms with Crippen molar-refractivity contribution in [2.75, 3.05) is 7.11 Å². The van der Waals surface area contributed by atoms with Crippen molar-refractivity contribution in [1.29, 1.82) is 0 Å². The summed E-state index contributed by atoms with van der Waals surface area (Å²) in [4.78, 5) is 10.5. The van der Waals surface area contributed by atoms with Gasteiger partial charge in [0.25, 0.3) is 0 Å². The number of aryl methyl sites for hydroxylation is 1. The third-order valence-electron chi connectivity index (χ3n) is 1.44. The molecule has 12 heavy (non-hydrogen) atoms. The first kappa shape index (κ1) is 8.73. The zero-order valence-corrected chi connectivity index (χ0v) is 6.94. The molecule has 0 bridgehead atoms. The number of aromatic carboxylic acids is 1. The second-order valence-electron chi connectivity index (χ2n) is 2.38. The summed E-state index contributed by atoms with van der Waals surface area (Å²) in [7, 11) is 3.12. The molecule has 5 nitrogen and oxygen atoms in total. The molecule has 0 spiro atoms. The van der Waals surface area contributed by atoms with Crippen LogP contribution in [0.1, 0.15) is 16.2 Å². The molecule has 0 unspecified atom stereocenters. The normalized spacial score (nSPS) is 10.2. The number of hydrogen-bond acceptors (Lipinski definition) is 3. The van der Waals surface area contributed by atoms with E-state index in [-0.39, 0.29) is 5.69 Å². The molecule has 0 aliphatic heterocycles. The van der Waals surface area contributed by atoms with Gasteiger partial charge >= 0.3 is 5.97 Å². The molecule has 0 aliphatic carbocycles. The number of carboxylic acids is 1. The van der Waals surface area contributed by atoms with Crippen LogP contribution < -0.4 is 0 Å². The smallest absolute Gasteiger partial charge is 0.354 e. The Hall–Kier alpha value is -1.36. The molecule has 0 atom stereocenters. The number of nitrogens with zero attached hydrogens (tertiary/aromatic N) is 2. The van der Waals surface area contributed by atoms with Crippen molar-refractivity contribution in [1.82, 2.24) is 9.78 Å². The molecular weight excluding hydrogens is 160 g/mol. The van der Waals surface area contributed by atoms with Gasteiger partial charge in [0.05, 0.1) is 12.3 Å². The number of carboxylic acid groups (broad SMARTS) is 1. The van der Waals surface area contributed by atoms with E-state index in [2.05, 4.69) is 5.10 Å².